The highest BCUT2D eigenvalue weighted by Gasteiger charge is 2.51. The molecule has 0 aliphatic carbocycles. The number of hydrogen-bond acceptors (Lipinski definition) is 3. The largest absolute Gasteiger partial charge is 0.495 e. The van der Waals surface area contributed by atoms with E-state index in [9.17, 15) is 4.39 Å². The lowest BCUT2D eigenvalue weighted by Gasteiger charge is -2.32. The SMILES string of the molecule is CC1(C)OB(c2cc(F)nc(Br)c2)OC1(C)C. The molecule has 2 rings (SSSR count). The highest BCUT2D eigenvalue weighted by molar-refractivity contribution is 9.10. The van der Waals surface area contributed by atoms with Gasteiger partial charge < -0.3 is 9.31 Å². The zero-order chi connectivity index (χ0) is 12.8. The Morgan fingerprint density at radius 3 is 2.18 bits per heavy atom. The minimum atomic E-state index is -0.561. The van der Waals surface area contributed by atoms with Gasteiger partial charge in [0.25, 0.3) is 0 Å². The Labute approximate surface area is 109 Å². The predicted molar refractivity (Wildman–Crippen MR) is 67.6 cm³/mol. The van der Waals surface area contributed by atoms with Gasteiger partial charge in [0.15, 0.2) is 0 Å². The normalized spacial score (nSPS) is 21.9. The second-order valence-corrected chi connectivity index (χ2v) is 5.95. The number of nitrogens with zero attached hydrogens (tertiary/aromatic N) is 1. The van der Waals surface area contributed by atoms with Crippen LogP contribution in [0.4, 0.5) is 4.39 Å². The van der Waals surface area contributed by atoms with Crippen LogP contribution in [0.25, 0.3) is 0 Å². The van der Waals surface area contributed by atoms with Crippen LogP contribution in [0.1, 0.15) is 27.7 Å². The Hall–Kier alpha value is -0.455. The number of halogens is 2. The highest BCUT2D eigenvalue weighted by Crippen LogP contribution is 2.36. The van der Waals surface area contributed by atoms with Crippen molar-refractivity contribution >= 4 is 28.5 Å². The third-order valence-electron chi connectivity index (χ3n) is 3.31. The molecule has 0 atom stereocenters. The quantitative estimate of drug-likeness (QED) is 0.589. The van der Waals surface area contributed by atoms with Crippen LogP contribution in [0.15, 0.2) is 16.7 Å². The van der Waals surface area contributed by atoms with Crippen molar-refractivity contribution in [2.75, 3.05) is 0 Å². The molecule has 0 N–H and O–H groups in total. The molecule has 1 saturated heterocycles. The van der Waals surface area contributed by atoms with Crippen LogP contribution < -0.4 is 5.46 Å². The van der Waals surface area contributed by atoms with Crippen molar-refractivity contribution in [1.29, 1.82) is 0 Å². The molecule has 1 aliphatic heterocycles. The first-order valence-electron chi connectivity index (χ1n) is 5.40. The number of rotatable bonds is 1. The summed E-state index contributed by atoms with van der Waals surface area (Å²) in [4.78, 5) is 3.62. The van der Waals surface area contributed by atoms with Crippen molar-refractivity contribution in [2.24, 2.45) is 0 Å². The van der Waals surface area contributed by atoms with Gasteiger partial charge in [-0.3, -0.25) is 0 Å². The van der Waals surface area contributed by atoms with E-state index in [2.05, 4.69) is 20.9 Å². The summed E-state index contributed by atoms with van der Waals surface area (Å²) in [5.74, 6) is -0.552. The topological polar surface area (TPSA) is 31.4 Å². The lowest BCUT2D eigenvalue weighted by atomic mass is 9.80. The maximum Gasteiger partial charge on any atom is 0.495 e. The molecule has 6 heteroatoms. The fraction of sp³-hybridized carbons (Fsp3) is 0.545. The maximum absolute atomic E-state index is 13.2. The van der Waals surface area contributed by atoms with Crippen LogP contribution in [-0.2, 0) is 9.31 Å². The van der Waals surface area contributed by atoms with E-state index in [0.717, 1.165) is 0 Å². The fourth-order valence-corrected chi connectivity index (χ4v) is 2.03. The molecule has 1 aromatic heterocycles. The molecule has 17 heavy (non-hydrogen) atoms. The van der Waals surface area contributed by atoms with Crippen molar-refractivity contribution < 1.29 is 13.7 Å². The van der Waals surface area contributed by atoms with E-state index in [4.69, 9.17) is 9.31 Å². The minimum Gasteiger partial charge on any atom is -0.399 e. The Morgan fingerprint density at radius 1 is 1.18 bits per heavy atom. The summed E-state index contributed by atoms with van der Waals surface area (Å²) in [6.45, 7) is 7.83. The average molecular weight is 302 g/mol. The van der Waals surface area contributed by atoms with Gasteiger partial charge in [0.1, 0.15) is 4.60 Å². The molecule has 0 spiro atoms. The average Bonchev–Trinajstić information content (AvgIpc) is 2.34. The fourth-order valence-electron chi connectivity index (χ4n) is 1.60. The first-order chi connectivity index (χ1) is 7.71. The molecular formula is C11H14BBrFNO2. The van der Waals surface area contributed by atoms with Crippen LogP contribution >= 0.6 is 15.9 Å². The van der Waals surface area contributed by atoms with Crippen molar-refractivity contribution in [3.63, 3.8) is 0 Å². The van der Waals surface area contributed by atoms with Gasteiger partial charge in [-0.1, -0.05) is 0 Å². The van der Waals surface area contributed by atoms with E-state index in [1.165, 1.54) is 6.07 Å². The summed E-state index contributed by atoms with van der Waals surface area (Å²) in [5.41, 5.74) is -0.226. The number of hydrogen-bond donors (Lipinski definition) is 0. The molecule has 0 radical (unpaired) electrons. The first-order valence-corrected chi connectivity index (χ1v) is 6.19. The monoisotopic (exact) mass is 301 g/mol. The summed E-state index contributed by atoms with van der Waals surface area (Å²) in [6, 6.07) is 3.03. The maximum atomic E-state index is 13.2. The Balaban J connectivity index is 2.32. The van der Waals surface area contributed by atoms with Crippen molar-refractivity contribution in [3.05, 3.63) is 22.7 Å². The van der Waals surface area contributed by atoms with Gasteiger partial charge in [-0.15, -0.1) is 0 Å². The summed E-state index contributed by atoms with van der Waals surface area (Å²) < 4.78 is 25.3. The van der Waals surface area contributed by atoms with Crippen LogP contribution in [0.2, 0.25) is 0 Å². The summed E-state index contributed by atoms with van der Waals surface area (Å²) in [6.07, 6.45) is 0. The molecule has 0 unspecified atom stereocenters. The predicted octanol–water partition coefficient (Wildman–Crippen LogP) is 2.28. The van der Waals surface area contributed by atoms with Crippen molar-refractivity contribution in [2.45, 2.75) is 38.9 Å². The molecule has 1 fully saturated rings. The Kier molecular flexibility index (Phi) is 3.08. The lowest BCUT2D eigenvalue weighted by molar-refractivity contribution is 0.00578. The zero-order valence-electron chi connectivity index (χ0n) is 10.3. The minimum absolute atomic E-state index is 0.427. The summed E-state index contributed by atoms with van der Waals surface area (Å²) in [5, 5.41) is 0. The third kappa shape index (κ3) is 2.39. The number of aromatic nitrogens is 1. The smallest absolute Gasteiger partial charge is 0.399 e. The van der Waals surface area contributed by atoms with E-state index in [1.54, 1.807) is 6.07 Å². The molecule has 0 amide bonds. The molecule has 1 aliphatic rings. The van der Waals surface area contributed by atoms with Gasteiger partial charge in [0.2, 0.25) is 5.95 Å². The second-order valence-electron chi connectivity index (χ2n) is 5.13. The van der Waals surface area contributed by atoms with Crippen LogP contribution in [0, 0.1) is 5.95 Å². The summed E-state index contributed by atoms with van der Waals surface area (Å²) >= 11 is 3.15. The van der Waals surface area contributed by atoms with E-state index < -0.39 is 24.3 Å². The standard InChI is InChI=1S/C11H14BBrFNO2/c1-10(2)11(3,4)17-12(16-10)7-5-8(13)15-9(14)6-7/h5-6H,1-4H3. The van der Waals surface area contributed by atoms with E-state index in [1.807, 2.05) is 27.7 Å². The highest BCUT2D eigenvalue weighted by atomic mass is 79.9. The van der Waals surface area contributed by atoms with Gasteiger partial charge in [-0.25, -0.2) is 4.98 Å². The van der Waals surface area contributed by atoms with Gasteiger partial charge in [-0.05, 0) is 61.2 Å². The van der Waals surface area contributed by atoms with Crippen LogP contribution in [-0.4, -0.2) is 23.3 Å². The van der Waals surface area contributed by atoms with Crippen LogP contribution in [0.3, 0.4) is 0 Å². The van der Waals surface area contributed by atoms with Crippen molar-refractivity contribution in [1.82, 2.24) is 4.98 Å². The molecule has 0 bridgehead atoms. The van der Waals surface area contributed by atoms with Gasteiger partial charge in [-0.2, -0.15) is 4.39 Å². The molecule has 0 saturated carbocycles. The molecule has 92 valence electrons. The Morgan fingerprint density at radius 2 is 1.71 bits per heavy atom. The van der Waals surface area contributed by atoms with E-state index >= 15 is 0 Å². The lowest BCUT2D eigenvalue weighted by Crippen LogP contribution is -2.41. The molecule has 0 aromatic carbocycles. The van der Waals surface area contributed by atoms with Gasteiger partial charge >= 0.3 is 7.12 Å². The van der Waals surface area contributed by atoms with Crippen LogP contribution in [0.5, 0.6) is 0 Å². The molecular weight excluding hydrogens is 288 g/mol. The zero-order valence-corrected chi connectivity index (χ0v) is 11.8. The van der Waals surface area contributed by atoms with E-state index in [-0.39, 0.29) is 0 Å². The Bertz CT molecular complexity index is 417. The number of pyridine rings is 1. The molecule has 2 heterocycles. The van der Waals surface area contributed by atoms with E-state index in [0.29, 0.717) is 10.1 Å². The van der Waals surface area contributed by atoms with Crippen molar-refractivity contribution in [3.8, 4) is 0 Å². The third-order valence-corrected chi connectivity index (χ3v) is 3.72. The molecule has 3 nitrogen and oxygen atoms in total. The first kappa shape index (κ1) is 13.0. The van der Waals surface area contributed by atoms with Gasteiger partial charge in [0.05, 0.1) is 11.2 Å². The summed E-state index contributed by atoms with van der Waals surface area (Å²) in [7, 11) is -0.561. The second kappa shape index (κ2) is 4.04. The molecule has 1 aromatic rings. The van der Waals surface area contributed by atoms with Gasteiger partial charge in [0, 0.05) is 0 Å².